The van der Waals surface area contributed by atoms with Gasteiger partial charge >= 0.3 is 0 Å². The Morgan fingerprint density at radius 1 is 0.880 bits per heavy atom. The number of hydrogen-bond donors (Lipinski definition) is 0. The fourth-order valence-electron chi connectivity index (χ4n) is 7.41. The molecule has 50 heavy (non-hydrogen) atoms. The van der Waals surface area contributed by atoms with E-state index in [4.69, 9.17) is 0 Å². The van der Waals surface area contributed by atoms with E-state index in [1.165, 1.54) is 72.8 Å². The number of rotatable bonds is 8. The van der Waals surface area contributed by atoms with Gasteiger partial charge in [0.1, 0.15) is 0 Å². The van der Waals surface area contributed by atoms with Crippen molar-refractivity contribution in [2.45, 2.75) is 73.8 Å². The summed E-state index contributed by atoms with van der Waals surface area (Å²) in [5, 5.41) is 4.03. The molecule has 0 saturated heterocycles. The quantitative estimate of drug-likeness (QED) is 0.151. The topological polar surface area (TPSA) is 8.17 Å². The average molecular weight is 659 g/mol. The molecule has 0 bridgehead atoms. The molecule has 256 valence electrons. The van der Waals surface area contributed by atoms with Crippen LogP contribution in [-0.4, -0.2) is 10.6 Å². The largest absolute Gasteiger partial charge is 0.333 e. The molecule has 2 unspecified atom stereocenters. The number of benzene rings is 4. The summed E-state index contributed by atoms with van der Waals surface area (Å²) in [7, 11) is 0. The highest BCUT2D eigenvalue weighted by atomic mass is 15.2. The van der Waals surface area contributed by atoms with E-state index < -0.39 is 0 Å². The fraction of sp³-hybridized carbons (Fsp3) is 0.250. The molecule has 0 spiro atoms. The Morgan fingerprint density at radius 2 is 1.56 bits per heavy atom. The molecule has 2 aliphatic carbocycles. The van der Waals surface area contributed by atoms with Crippen molar-refractivity contribution in [3.8, 4) is 11.1 Å². The van der Waals surface area contributed by atoms with Crippen LogP contribution in [0.15, 0.2) is 146 Å². The van der Waals surface area contributed by atoms with Crippen LogP contribution in [0.25, 0.3) is 39.4 Å². The third-order valence-electron chi connectivity index (χ3n) is 9.50. The highest BCUT2D eigenvalue weighted by Gasteiger charge is 2.37. The Bertz CT molecular complexity index is 2150. The van der Waals surface area contributed by atoms with Crippen molar-refractivity contribution in [3.05, 3.63) is 162 Å². The van der Waals surface area contributed by atoms with Crippen LogP contribution in [-0.2, 0) is 0 Å². The fourth-order valence-corrected chi connectivity index (χ4v) is 7.41. The first kappa shape index (κ1) is 36.2. The lowest BCUT2D eigenvalue weighted by atomic mass is 9.93. The standard InChI is InChI=1S/C42H36N2.C3H8.C2H6.CH4/c1-3-13-29(2)36(25-24-30-14-11-15-30)44-38-23-10-8-21-35(38)42-40(44)27-26-39-41(42)34-20-7-9-22-37(34)43(39)33-19-12-18-32(28-33)31-16-5-4-6-17-31;1-3-2;1-2;/h3-12,14-23,25,27-29,39H,1,13,24,26H2,2H3;3H2,1-2H3;1-2H3;1H4/b36-25+;;;. The van der Waals surface area contributed by atoms with E-state index in [9.17, 15) is 0 Å². The molecule has 0 fully saturated rings. The number of nitrogens with zero attached hydrogens (tertiary/aromatic N) is 2. The molecule has 0 amide bonds. The molecule has 0 saturated carbocycles. The van der Waals surface area contributed by atoms with Crippen molar-refractivity contribution < 1.29 is 0 Å². The minimum atomic E-state index is 0. The van der Waals surface area contributed by atoms with Gasteiger partial charge in [0.25, 0.3) is 0 Å². The molecule has 2 nitrogen and oxygen atoms in total. The van der Waals surface area contributed by atoms with Crippen molar-refractivity contribution in [3.63, 3.8) is 0 Å². The lowest BCUT2D eigenvalue weighted by Crippen LogP contribution is -2.40. The predicted molar refractivity (Wildman–Crippen MR) is 221 cm³/mol. The summed E-state index contributed by atoms with van der Waals surface area (Å²) in [6, 6.07) is 38.0. The summed E-state index contributed by atoms with van der Waals surface area (Å²) in [4.78, 5) is 2.58. The number of fused-ring (bicyclic) bond motifs is 6. The molecule has 2 atom stereocenters. The van der Waals surface area contributed by atoms with E-state index in [2.05, 4.69) is 176 Å². The molecule has 0 N–H and O–H groups in total. The van der Waals surface area contributed by atoms with Crippen molar-refractivity contribution in [1.29, 1.82) is 0 Å². The smallest absolute Gasteiger partial charge is 0.0640 e. The zero-order chi connectivity index (χ0) is 34.3. The van der Waals surface area contributed by atoms with Crippen molar-refractivity contribution in [2.24, 2.45) is 5.92 Å². The van der Waals surface area contributed by atoms with Gasteiger partial charge in [-0.25, -0.2) is 0 Å². The third-order valence-corrected chi connectivity index (χ3v) is 9.50. The maximum absolute atomic E-state index is 4.09. The maximum atomic E-state index is 4.09. The van der Waals surface area contributed by atoms with Crippen LogP contribution < -0.4 is 15.5 Å². The monoisotopic (exact) mass is 658 g/mol. The van der Waals surface area contributed by atoms with Gasteiger partial charge < -0.3 is 9.47 Å². The Labute approximate surface area is 300 Å². The molecular weight excluding hydrogens is 605 g/mol. The van der Waals surface area contributed by atoms with Crippen molar-refractivity contribution in [2.75, 3.05) is 4.90 Å². The number of anilines is 2. The number of allylic oxidation sites excluding steroid dienone is 7. The van der Waals surface area contributed by atoms with Crippen molar-refractivity contribution in [1.82, 2.24) is 4.57 Å². The molecule has 3 aliphatic rings. The SMILES string of the molecule is C.C=CCC(C)/C(=C\CC1=CC=C1)n1c2c(c3ccccc31)=C1c3ccccc3N(c3cccc(-c4ccccc4)c3)C1CC=2.CC.CCC. The summed E-state index contributed by atoms with van der Waals surface area (Å²) in [5.74, 6) is 0.348. The minimum Gasteiger partial charge on any atom is -0.333 e. The van der Waals surface area contributed by atoms with Gasteiger partial charge in [-0.1, -0.05) is 164 Å². The lowest BCUT2D eigenvalue weighted by Gasteiger charge is -2.29. The van der Waals surface area contributed by atoms with Crippen LogP contribution in [0.1, 0.15) is 73.3 Å². The van der Waals surface area contributed by atoms with E-state index in [0.29, 0.717) is 5.92 Å². The van der Waals surface area contributed by atoms with Gasteiger partial charge in [0.15, 0.2) is 0 Å². The summed E-state index contributed by atoms with van der Waals surface area (Å²) in [5.41, 5.74) is 11.8. The Balaban J connectivity index is 0.000000771. The number of aromatic nitrogens is 1. The normalized spacial score (nSPS) is 15.7. The second-order valence-corrected chi connectivity index (χ2v) is 12.9. The lowest BCUT2D eigenvalue weighted by molar-refractivity contribution is 0.718. The van der Waals surface area contributed by atoms with Crippen LogP contribution in [0.4, 0.5) is 11.4 Å². The van der Waals surface area contributed by atoms with Crippen LogP contribution in [0, 0.1) is 5.92 Å². The van der Waals surface area contributed by atoms with Gasteiger partial charge in [-0.05, 0) is 71.7 Å². The highest BCUT2D eigenvalue weighted by molar-refractivity contribution is 5.98. The zero-order valence-electron chi connectivity index (χ0n) is 29.9. The third kappa shape index (κ3) is 6.72. The van der Waals surface area contributed by atoms with Crippen LogP contribution in [0.3, 0.4) is 0 Å². The van der Waals surface area contributed by atoms with E-state index >= 15 is 0 Å². The van der Waals surface area contributed by atoms with Crippen LogP contribution in [0.5, 0.6) is 0 Å². The first-order chi connectivity index (χ1) is 24.1. The molecule has 1 aromatic heterocycles. The van der Waals surface area contributed by atoms with Gasteiger partial charge in [0.05, 0.1) is 16.9 Å². The highest BCUT2D eigenvalue weighted by Crippen LogP contribution is 2.46. The van der Waals surface area contributed by atoms with Gasteiger partial charge in [0.2, 0.25) is 0 Å². The van der Waals surface area contributed by atoms with Gasteiger partial charge in [0, 0.05) is 33.2 Å². The molecule has 0 radical (unpaired) electrons. The molecular formula is C48H54N2. The second kappa shape index (κ2) is 16.5. The second-order valence-electron chi connectivity index (χ2n) is 12.9. The first-order valence-corrected chi connectivity index (χ1v) is 18.2. The number of para-hydroxylation sites is 2. The molecule has 2 heteroatoms. The van der Waals surface area contributed by atoms with Crippen molar-refractivity contribution >= 4 is 39.6 Å². The van der Waals surface area contributed by atoms with E-state index in [1.54, 1.807) is 0 Å². The van der Waals surface area contributed by atoms with E-state index in [-0.39, 0.29) is 13.5 Å². The molecule has 5 aromatic rings. The Kier molecular flexibility index (Phi) is 12.0. The summed E-state index contributed by atoms with van der Waals surface area (Å²) < 4.78 is 2.56. The predicted octanol–water partition coefficient (Wildman–Crippen LogP) is 12.2. The maximum Gasteiger partial charge on any atom is 0.0640 e. The van der Waals surface area contributed by atoms with E-state index in [0.717, 1.165) is 19.3 Å². The molecule has 2 heterocycles. The summed E-state index contributed by atoms with van der Waals surface area (Å²) in [6.07, 6.45) is 17.7. The Hall–Kier alpha value is -5.08. The Morgan fingerprint density at radius 3 is 2.28 bits per heavy atom. The average Bonchev–Trinajstić information content (AvgIpc) is 3.64. The van der Waals surface area contributed by atoms with Gasteiger partial charge in [-0.3, -0.25) is 0 Å². The summed E-state index contributed by atoms with van der Waals surface area (Å²) in [6.45, 7) is 14.7. The van der Waals surface area contributed by atoms with E-state index in [1.807, 2.05) is 13.8 Å². The minimum absolute atomic E-state index is 0. The zero-order valence-corrected chi connectivity index (χ0v) is 29.9. The summed E-state index contributed by atoms with van der Waals surface area (Å²) >= 11 is 0. The number of hydrogen-bond acceptors (Lipinski definition) is 1. The van der Waals surface area contributed by atoms with Gasteiger partial charge in [-0.2, -0.15) is 0 Å². The van der Waals surface area contributed by atoms with Crippen LogP contribution >= 0.6 is 0 Å². The molecule has 8 rings (SSSR count). The van der Waals surface area contributed by atoms with Crippen LogP contribution in [0.2, 0.25) is 0 Å². The van der Waals surface area contributed by atoms with Gasteiger partial charge in [-0.15, -0.1) is 6.58 Å². The molecule has 1 aliphatic heterocycles. The molecule has 4 aromatic carbocycles. The first-order valence-electron chi connectivity index (χ1n) is 18.2.